The minimum atomic E-state index is 0. The highest BCUT2D eigenvalue weighted by Gasteiger charge is 2.41. The van der Waals surface area contributed by atoms with Gasteiger partial charge in [0.1, 0.15) is 0 Å². The Hall–Kier alpha value is -0.320. The molecule has 1 aliphatic carbocycles. The van der Waals surface area contributed by atoms with E-state index in [0.717, 1.165) is 6.54 Å². The van der Waals surface area contributed by atoms with E-state index in [9.17, 15) is 0 Å². The summed E-state index contributed by atoms with van der Waals surface area (Å²) in [6, 6.07) is 0. The van der Waals surface area contributed by atoms with Gasteiger partial charge in [-0.05, 0) is 32.2 Å². The highest BCUT2D eigenvalue weighted by molar-refractivity contribution is 7.15. The summed E-state index contributed by atoms with van der Waals surface area (Å²) in [5.41, 5.74) is 6.24. The van der Waals surface area contributed by atoms with Crippen LogP contribution in [0.25, 0.3) is 0 Å². The zero-order chi connectivity index (χ0) is 11.7. The van der Waals surface area contributed by atoms with Gasteiger partial charge in [0.15, 0.2) is 5.13 Å². The third-order valence-electron chi connectivity index (χ3n) is 4.44. The van der Waals surface area contributed by atoms with Crippen LogP contribution in [0.5, 0.6) is 0 Å². The minimum Gasteiger partial charge on any atom is -0.375 e. The van der Waals surface area contributed by atoms with Crippen LogP contribution in [0.3, 0.4) is 0 Å². The SMILES string of the molecule is Cl.Nc1ncc(CN2CCCC23CCCCC3)s1. The van der Waals surface area contributed by atoms with Crippen LogP contribution in [0.4, 0.5) is 5.13 Å². The van der Waals surface area contributed by atoms with E-state index >= 15 is 0 Å². The lowest BCUT2D eigenvalue weighted by Gasteiger charge is -2.41. The summed E-state index contributed by atoms with van der Waals surface area (Å²) in [6.07, 6.45) is 11.8. The molecule has 1 saturated carbocycles. The van der Waals surface area contributed by atoms with Gasteiger partial charge in [-0.15, -0.1) is 23.7 Å². The van der Waals surface area contributed by atoms with Crippen molar-refractivity contribution in [3.63, 3.8) is 0 Å². The molecule has 3 nitrogen and oxygen atoms in total. The van der Waals surface area contributed by atoms with E-state index < -0.39 is 0 Å². The Morgan fingerprint density at radius 3 is 2.61 bits per heavy atom. The van der Waals surface area contributed by atoms with E-state index in [1.807, 2.05) is 6.20 Å². The molecule has 1 saturated heterocycles. The number of nitrogens with zero attached hydrogens (tertiary/aromatic N) is 2. The quantitative estimate of drug-likeness (QED) is 0.906. The van der Waals surface area contributed by atoms with Gasteiger partial charge in [-0.3, -0.25) is 4.90 Å². The maximum atomic E-state index is 5.71. The Morgan fingerprint density at radius 1 is 1.22 bits per heavy atom. The maximum absolute atomic E-state index is 5.71. The molecule has 5 heteroatoms. The first-order valence-corrected chi connectivity index (χ1v) is 7.55. The van der Waals surface area contributed by atoms with Crippen molar-refractivity contribution in [3.8, 4) is 0 Å². The molecular formula is C13H22ClN3S. The molecule has 0 aromatic carbocycles. The number of likely N-dealkylation sites (tertiary alicyclic amines) is 1. The number of nitrogen functional groups attached to an aromatic ring is 1. The predicted molar refractivity (Wildman–Crippen MR) is 79.2 cm³/mol. The van der Waals surface area contributed by atoms with E-state index in [1.165, 1.54) is 56.4 Å². The Balaban J connectivity index is 0.00000120. The number of hydrogen-bond donors (Lipinski definition) is 1. The zero-order valence-electron chi connectivity index (χ0n) is 10.7. The lowest BCUT2D eigenvalue weighted by atomic mass is 9.80. The van der Waals surface area contributed by atoms with Crippen molar-refractivity contribution in [1.29, 1.82) is 0 Å². The van der Waals surface area contributed by atoms with Gasteiger partial charge in [-0.1, -0.05) is 19.3 Å². The van der Waals surface area contributed by atoms with Gasteiger partial charge >= 0.3 is 0 Å². The lowest BCUT2D eigenvalue weighted by Crippen LogP contribution is -2.44. The standard InChI is InChI=1S/C13H21N3S.ClH/c14-12-15-9-11(17-12)10-16-8-4-7-13(16)5-2-1-3-6-13;/h9H,1-8,10H2,(H2,14,15);1H. The molecule has 0 bridgehead atoms. The number of rotatable bonds is 2. The Labute approximate surface area is 119 Å². The number of thiazole rings is 1. The Kier molecular flexibility index (Phi) is 4.51. The van der Waals surface area contributed by atoms with Crippen molar-refractivity contribution in [2.45, 2.75) is 57.0 Å². The molecular weight excluding hydrogens is 266 g/mol. The third kappa shape index (κ3) is 2.65. The Morgan fingerprint density at radius 2 is 1.94 bits per heavy atom. The summed E-state index contributed by atoms with van der Waals surface area (Å²) in [6.45, 7) is 2.33. The van der Waals surface area contributed by atoms with E-state index in [1.54, 1.807) is 11.3 Å². The number of aromatic nitrogens is 1. The number of nitrogens with two attached hydrogens (primary N) is 1. The van der Waals surface area contributed by atoms with E-state index in [2.05, 4.69) is 9.88 Å². The van der Waals surface area contributed by atoms with E-state index in [0.29, 0.717) is 10.7 Å². The molecule has 3 rings (SSSR count). The normalized spacial score (nSPS) is 23.1. The molecule has 1 spiro atoms. The highest BCUT2D eigenvalue weighted by Crippen LogP contribution is 2.42. The second-order valence-electron chi connectivity index (χ2n) is 5.47. The van der Waals surface area contributed by atoms with Gasteiger partial charge in [-0.2, -0.15) is 0 Å². The summed E-state index contributed by atoms with van der Waals surface area (Å²) >= 11 is 1.65. The number of halogens is 1. The maximum Gasteiger partial charge on any atom is 0.180 e. The number of anilines is 1. The average molecular weight is 288 g/mol. The van der Waals surface area contributed by atoms with Crippen molar-refractivity contribution in [2.24, 2.45) is 0 Å². The molecule has 102 valence electrons. The summed E-state index contributed by atoms with van der Waals surface area (Å²) in [7, 11) is 0. The van der Waals surface area contributed by atoms with Gasteiger partial charge in [0, 0.05) is 23.2 Å². The van der Waals surface area contributed by atoms with Crippen LogP contribution in [-0.2, 0) is 6.54 Å². The van der Waals surface area contributed by atoms with Gasteiger partial charge in [0.05, 0.1) is 0 Å². The van der Waals surface area contributed by atoms with E-state index in [4.69, 9.17) is 5.73 Å². The van der Waals surface area contributed by atoms with Crippen molar-refractivity contribution in [1.82, 2.24) is 9.88 Å². The fourth-order valence-corrected chi connectivity index (χ4v) is 4.30. The molecule has 2 aliphatic rings. The first kappa shape index (κ1) is 14.1. The lowest BCUT2D eigenvalue weighted by molar-refractivity contribution is 0.0868. The highest BCUT2D eigenvalue weighted by atomic mass is 35.5. The average Bonchev–Trinajstić information content (AvgIpc) is 2.90. The van der Waals surface area contributed by atoms with Crippen LogP contribution >= 0.6 is 23.7 Å². The minimum absolute atomic E-state index is 0. The molecule has 2 N–H and O–H groups in total. The summed E-state index contributed by atoms with van der Waals surface area (Å²) in [4.78, 5) is 8.20. The van der Waals surface area contributed by atoms with Crippen LogP contribution in [0.15, 0.2) is 6.20 Å². The van der Waals surface area contributed by atoms with Crippen LogP contribution in [0.2, 0.25) is 0 Å². The summed E-state index contributed by atoms with van der Waals surface area (Å²) < 4.78 is 0. The van der Waals surface area contributed by atoms with Crippen molar-refractivity contribution in [3.05, 3.63) is 11.1 Å². The topological polar surface area (TPSA) is 42.1 Å². The van der Waals surface area contributed by atoms with Crippen molar-refractivity contribution >= 4 is 28.9 Å². The summed E-state index contributed by atoms with van der Waals surface area (Å²) in [5, 5.41) is 0.705. The smallest absolute Gasteiger partial charge is 0.180 e. The molecule has 0 unspecified atom stereocenters. The van der Waals surface area contributed by atoms with Crippen LogP contribution in [-0.4, -0.2) is 22.0 Å². The molecule has 0 amide bonds. The molecule has 2 heterocycles. The van der Waals surface area contributed by atoms with Gasteiger partial charge < -0.3 is 5.73 Å². The Bertz CT molecular complexity index is 387. The van der Waals surface area contributed by atoms with Gasteiger partial charge in [0.2, 0.25) is 0 Å². The van der Waals surface area contributed by atoms with Gasteiger partial charge in [0.25, 0.3) is 0 Å². The summed E-state index contributed by atoms with van der Waals surface area (Å²) in [5.74, 6) is 0. The van der Waals surface area contributed by atoms with Crippen molar-refractivity contribution < 1.29 is 0 Å². The van der Waals surface area contributed by atoms with Crippen molar-refractivity contribution in [2.75, 3.05) is 12.3 Å². The molecule has 1 aliphatic heterocycles. The predicted octanol–water partition coefficient (Wildman–Crippen LogP) is 3.45. The molecule has 18 heavy (non-hydrogen) atoms. The fourth-order valence-electron chi connectivity index (χ4n) is 3.60. The molecule has 0 radical (unpaired) electrons. The molecule has 1 aromatic rings. The van der Waals surface area contributed by atoms with Gasteiger partial charge in [-0.25, -0.2) is 4.98 Å². The fraction of sp³-hybridized carbons (Fsp3) is 0.769. The monoisotopic (exact) mass is 287 g/mol. The van der Waals surface area contributed by atoms with Crippen LogP contribution < -0.4 is 5.73 Å². The molecule has 0 atom stereocenters. The first-order valence-electron chi connectivity index (χ1n) is 6.74. The largest absolute Gasteiger partial charge is 0.375 e. The molecule has 1 aromatic heterocycles. The third-order valence-corrected chi connectivity index (χ3v) is 5.25. The first-order chi connectivity index (χ1) is 8.28. The van der Waals surface area contributed by atoms with Crippen LogP contribution in [0.1, 0.15) is 49.8 Å². The second kappa shape index (κ2) is 5.76. The zero-order valence-corrected chi connectivity index (χ0v) is 12.4. The van der Waals surface area contributed by atoms with Crippen LogP contribution in [0, 0.1) is 0 Å². The molecule has 2 fully saturated rings. The van der Waals surface area contributed by atoms with E-state index in [-0.39, 0.29) is 12.4 Å². The second-order valence-corrected chi connectivity index (χ2v) is 6.62. The number of hydrogen-bond acceptors (Lipinski definition) is 4.